The summed E-state index contributed by atoms with van der Waals surface area (Å²) < 4.78 is 16.0. The lowest BCUT2D eigenvalue weighted by molar-refractivity contribution is 0.397. The minimum Gasteiger partial charge on any atom is -0.324 e. The summed E-state index contributed by atoms with van der Waals surface area (Å²) in [6.07, 6.45) is 2.21. The lowest BCUT2D eigenvalue weighted by Crippen LogP contribution is -2.13. The van der Waals surface area contributed by atoms with Gasteiger partial charge in [-0.25, -0.2) is 9.37 Å². The molecule has 4 heteroatoms. The molecule has 2 aromatic rings. The Labute approximate surface area is 131 Å². The fourth-order valence-corrected chi connectivity index (χ4v) is 2.99. The van der Waals surface area contributed by atoms with Crippen molar-refractivity contribution in [3.8, 4) is 0 Å². The fraction of sp³-hybridized carbons (Fsp3) is 0.588. The Morgan fingerprint density at radius 3 is 2.52 bits per heavy atom. The molecule has 0 radical (unpaired) electrons. The maximum Gasteiger partial charge on any atom is 0.128 e. The van der Waals surface area contributed by atoms with Crippen LogP contribution >= 0.6 is 11.6 Å². The number of aromatic nitrogens is 2. The largest absolute Gasteiger partial charge is 0.324 e. The van der Waals surface area contributed by atoms with E-state index in [0.29, 0.717) is 23.0 Å². The van der Waals surface area contributed by atoms with Crippen LogP contribution in [0.25, 0.3) is 11.0 Å². The summed E-state index contributed by atoms with van der Waals surface area (Å²) in [5.41, 5.74) is 2.32. The van der Waals surface area contributed by atoms with E-state index in [1.807, 2.05) is 13.0 Å². The van der Waals surface area contributed by atoms with E-state index < -0.39 is 0 Å². The second-order valence-electron chi connectivity index (χ2n) is 6.14. The molecule has 1 heterocycles. The molecule has 116 valence electrons. The predicted octanol–water partition coefficient (Wildman–Crippen LogP) is 5.78. The van der Waals surface area contributed by atoms with E-state index >= 15 is 0 Å². The van der Waals surface area contributed by atoms with Crippen molar-refractivity contribution >= 4 is 22.6 Å². The summed E-state index contributed by atoms with van der Waals surface area (Å²) in [6, 6.07) is 3.69. The number of fused-ring (bicyclic) bond motifs is 1. The van der Waals surface area contributed by atoms with Crippen molar-refractivity contribution in [1.82, 2.24) is 9.55 Å². The van der Waals surface area contributed by atoms with Gasteiger partial charge in [0.15, 0.2) is 0 Å². The van der Waals surface area contributed by atoms with Gasteiger partial charge in [0, 0.05) is 12.1 Å². The minimum atomic E-state index is -0.212. The second kappa shape index (κ2) is 6.35. The zero-order chi connectivity index (χ0) is 15.7. The Kier molecular flexibility index (Phi) is 4.92. The van der Waals surface area contributed by atoms with Crippen LogP contribution in [-0.4, -0.2) is 9.55 Å². The maximum atomic E-state index is 13.8. The van der Waals surface area contributed by atoms with Gasteiger partial charge in [-0.3, -0.25) is 0 Å². The first-order chi connectivity index (χ1) is 9.85. The van der Waals surface area contributed by atoms with Crippen LogP contribution in [0.15, 0.2) is 12.1 Å². The van der Waals surface area contributed by atoms with Gasteiger partial charge in [0.05, 0.1) is 16.4 Å². The first-order valence-corrected chi connectivity index (χ1v) is 8.10. The molecule has 0 spiro atoms. The molecule has 1 aromatic carbocycles. The molecule has 0 aliphatic rings. The predicted molar refractivity (Wildman–Crippen MR) is 87.5 cm³/mol. The summed E-state index contributed by atoms with van der Waals surface area (Å²) in [4.78, 5) is 4.56. The Hall–Kier alpha value is -1.09. The number of hydrogen-bond donors (Lipinski definition) is 0. The summed E-state index contributed by atoms with van der Waals surface area (Å²) >= 11 is 6.30. The summed E-state index contributed by atoms with van der Waals surface area (Å²) in [7, 11) is 0. The lowest BCUT2D eigenvalue weighted by Gasteiger charge is -2.21. The van der Waals surface area contributed by atoms with Crippen molar-refractivity contribution in [2.45, 2.75) is 58.9 Å². The number of aryl methyl sites for hydroxylation is 1. The van der Waals surface area contributed by atoms with Crippen LogP contribution in [0, 0.1) is 18.7 Å². The van der Waals surface area contributed by atoms with Gasteiger partial charge in [-0.2, -0.15) is 0 Å². The third-order valence-electron chi connectivity index (χ3n) is 4.23. The van der Waals surface area contributed by atoms with Gasteiger partial charge in [-0.1, -0.05) is 20.3 Å². The Bertz CT molecular complexity index is 633. The maximum absolute atomic E-state index is 13.8. The molecule has 1 aromatic heterocycles. The molecule has 0 saturated heterocycles. The molecule has 21 heavy (non-hydrogen) atoms. The first kappa shape index (κ1) is 16.3. The average Bonchev–Trinajstić information content (AvgIpc) is 2.77. The number of benzene rings is 1. The van der Waals surface area contributed by atoms with E-state index in [4.69, 9.17) is 11.6 Å². The number of imidazole rings is 1. The molecule has 0 amide bonds. The number of nitrogens with zero attached hydrogens (tertiary/aromatic N) is 2. The van der Waals surface area contributed by atoms with Crippen LogP contribution in [0.3, 0.4) is 0 Å². The molecule has 0 aliphatic heterocycles. The number of rotatable bonds is 5. The van der Waals surface area contributed by atoms with Gasteiger partial charge in [-0.15, -0.1) is 11.6 Å². The highest BCUT2D eigenvalue weighted by Gasteiger charge is 2.21. The summed E-state index contributed by atoms with van der Waals surface area (Å²) in [5, 5.41) is -0.194. The quantitative estimate of drug-likeness (QED) is 0.640. The van der Waals surface area contributed by atoms with E-state index in [9.17, 15) is 4.39 Å². The second-order valence-corrected chi connectivity index (χ2v) is 6.80. The van der Waals surface area contributed by atoms with Crippen LogP contribution in [0.5, 0.6) is 0 Å². The number of halogens is 2. The van der Waals surface area contributed by atoms with Crippen molar-refractivity contribution in [1.29, 1.82) is 0 Å². The van der Waals surface area contributed by atoms with E-state index in [0.717, 1.165) is 24.2 Å². The minimum absolute atomic E-state index is 0.194. The molecule has 0 fully saturated rings. The Balaban J connectivity index is 2.57. The van der Waals surface area contributed by atoms with Crippen LogP contribution in [0.1, 0.15) is 63.3 Å². The van der Waals surface area contributed by atoms with Crippen molar-refractivity contribution in [3.05, 3.63) is 29.3 Å². The van der Waals surface area contributed by atoms with Gasteiger partial charge >= 0.3 is 0 Å². The van der Waals surface area contributed by atoms with E-state index in [1.54, 1.807) is 6.92 Å². The van der Waals surface area contributed by atoms with E-state index in [2.05, 4.69) is 30.3 Å². The highest BCUT2D eigenvalue weighted by molar-refractivity contribution is 6.20. The van der Waals surface area contributed by atoms with Crippen molar-refractivity contribution in [2.24, 2.45) is 5.92 Å². The molecule has 0 bridgehead atoms. The SMILES string of the molecule is CCC(C)CC(C)n1c(C(C)Cl)nc2cc(F)c(C)cc21. The van der Waals surface area contributed by atoms with Crippen LogP contribution in [0.4, 0.5) is 4.39 Å². The molecular weight excluding hydrogens is 287 g/mol. The molecular formula is C17H24ClFN2. The zero-order valence-electron chi connectivity index (χ0n) is 13.5. The van der Waals surface area contributed by atoms with Gasteiger partial charge < -0.3 is 4.57 Å². The third-order valence-corrected chi connectivity index (χ3v) is 4.43. The molecule has 2 nitrogen and oxygen atoms in total. The van der Waals surface area contributed by atoms with E-state index in [1.165, 1.54) is 6.07 Å². The molecule has 0 N–H and O–H groups in total. The normalized spacial score (nSPS) is 16.1. The number of alkyl halides is 1. The molecule has 3 atom stereocenters. The van der Waals surface area contributed by atoms with Gasteiger partial charge in [0.25, 0.3) is 0 Å². The molecule has 0 aliphatic carbocycles. The van der Waals surface area contributed by atoms with Crippen molar-refractivity contribution in [2.75, 3.05) is 0 Å². The number of hydrogen-bond acceptors (Lipinski definition) is 1. The zero-order valence-corrected chi connectivity index (χ0v) is 14.2. The average molecular weight is 311 g/mol. The standard InChI is InChI=1S/C17H24ClFN2/c1-6-10(2)7-12(4)21-16-8-11(3)14(19)9-15(16)20-17(21)13(5)18/h8-10,12-13H,6-7H2,1-5H3. The van der Waals surface area contributed by atoms with Crippen LogP contribution < -0.4 is 0 Å². The highest BCUT2D eigenvalue weighted by Crippen LogP contribution is 2.32. The molecule has 0 saturated carbocycles. The Morgan fingerprint density at radius 1 is 1.29 bits per heavy atom. The van der Waals surface area contributed by atoms with Crippen molar-refractivity contribution in [3.63, 3.8) is 0 Å². The van der Waals surface area contributed by atoms with Crippen molar-refractivity contribution < 1.29 is 4.39 Å². The summed E-state index contributed by atoms with van der Waals surface area (Å²) in [5.74, 6) is 1.25. The topological polar surface area (TPSA) is 17.8 Å². The van der Waals surface area contributed by atoms with Gasteiger partial charge in [0.2, 0.25) is 0 Å². The highest BCUT2D eigenvalue weighted by atomic mass is 35.5. The summed E-state index contributed by atoms with van der Waals surface area (Å²) in [6.45, 7) is 10.3. The van der Waals surface area contributed by atoms with Crippen LogP contribution in [-0.2, 0) is 0 Å². The van der Waals surface area contributed by atoms with Crippen LogP contribution in [0.2, 0.25) is 0 Å². The van der Waals surface area contributed by atoms with Gasteiger partial charge in [-0.05, 0) is 44.7 Å². The Morgan fingerprint density at radius 2 is 1.95 bits per heavy atom. The fourth-order valence-electron chi connectivity index (χ4n) is 2.84. The monoisotopic (exact) mass is 310 g/mol. The van der Waals surface area contributed by atoms with E-state index in [-0.39, 0.29) is 11.2 Å². The lowest BCUT2D eigenvalue weighted by atomic mass is 10.00. The van der Waals surface area contributed by atoms with Gasteiger partial charge in [0.1, 0.15) is 11.6 Å². The molecule has 3 unspecified atom stereocenters. The third kappa shape index (κ3) is 3.23. The molecule has 2 rings (SSSR count). The first-order valence-electron chi connectivity index (χ1n) is 7.67. The smallest absolute Gasteiger partial charge is 0.128 e.